The van der Waals surface area contributed by atoms with Crippen LogP contribution in [0.4, 0.5) is 5.69 Å². The summed E-state index contributed by atoms with van der Waals surface area (Å²) in [5, 5.41) is 2.74. The molecule has 6 nitrogen and oxygen atoms in total. The van der Waals surface area contributed by atoms with E-state index in [0.29, 0.717) is 30.1 Å². The van der Waals surface area contributed by atoms with Crippen LogP contribution in [0.3, 0.4) is 0 Å². The van der Waals surface area contributed by atoms with Gasteiger partial charge in [0, 0.05) is 18.8 Å². The van der Waals surface area contributed by atoms with Crippen LogP contribution in [0.15, 0.2) is 47.4 Å². The number of sulfonamides is 1. The number of nitrogens with zero attached hydrogens (tertiary/aromatic N) is 1. The van der Waals surface area contributed by atoms with E-state index >= 15 is 0 Å². The van der Waals surface area contributed by atoms with Gasteiger partial charge in [-0.1, -0.05) is 32.0 Å². The van der Waals surface area contributed by atoms with Gasteiger partial charge in [-0.25, -0.2) is 8.42 Å². The Hall–Kier alpha value is -2.38. The third-order valence-electron chi connectivity index (χ3n) is 4.45. The normalized spacial score (nSPS) is 12.6. The van der Waals surface area contributed by atoms with E-state index in [1.54, 1.807) is 45.9 Å². The molecule has 2 aromatic carbocycles. The van der Waals surface area contributed by atoms with Crippen molar-refractivity contribution in [1.29, 1.82) is 0 Å². The van der Waals surface area contributed by atoms with Crippen LogP contribution in [-0.2, 0) is 14.8 Å². The summed E-state index contributed by atoms with van der Waals surface area (Å²) >= 11 is 0. The highest BCUT2D eigenvalue weighted by molar-refractivity contribution is 7.89. The lowest BCUT2D eigenvalue weighted by molar-refractivity contribution is -0.122. The maximum atomic E-state index is 12.8. The monoisotopic (exact) mass is 404 g/mol. The van der Waals surface area contributed by atoms with Crippen molar-refractivity contribution in [3.8, 4) is 5.75 Å². The first-order valence-corrected chi connectivity index (χ1v) is 10.8. The molecule has 1 atom stereocenters. The van der Waals surface area contributed by atoms with Crippen LogP contribution in [0, 0.1) is 13.8 Å². The Kier molecular flexibility index (Phi) is 7.21. The molecule has 0 saturated heterocycles. The number of carbonyl (C=O) groups is 1. The average Bonchev–Trinajstić information content (AvgIpc) is 2.63. The molecule has 0 saturated carbocycles. The lowest BCUT2D eigenvalue weighted by Crippen LogP contribution is -2.32. The van der Waals surface area contributed by atoms with Crippen molar-refractivity contribution in [2.24, 2.45) is 0 Å². The molecule has 1 amide bonds. The van der Waals surface area contributed by atoms with Crippen molar-refractivity contribution in [1.82, 2.24) is 4.31 Å². The number of hydrogen-bond acceptors (Lipinski definition) is 4. The van der Waals surface area contributed by atoms with Crippen molar-refractivity contribution in [3.05, 3.63) is 53.6 Å². The zero-order chi connectivity index (χ0) is 20.9. The van der Waals surface area contributed by atoms with Gasteiger partial charge < -0.3 is 10.1 Å². The summed E-state index contributed by atoms with van der Waals surface area (Å²) in [6.45, 7) is 9.71. The summed E-state index contributed by atoms with van der Waals surface area (Å²) in [4.78, 5) is 12.7. The van der Waals surface area contributed by atoms with E-state index in [9.17, 15) is 13.2 Å². The summed E-state index contributed by atoms with van der Waals surface area (Å²) < 4.78 is 32.8. The van der Waals surface area contributed by atoms with Crippen molar-refractivity contribution >= 4 is 21.6 Å². The minimum atomic E-state index is -3.61. The smallest absolute Gasteiger partial charge is 0.265 e. The zero-order valence-corrected chi connectivity index (χ0v) is 17.8. The van der Waals surface area contributed by atoms with Gasteiger partial charge in [0.15, 0.2) is 6.10 Å². The average molecular weight is 405 g/mol. The predicted octanol–water partition coefficient (Wildman–Crippen LogP) is 3.74. The highest BCUT2D eigenvalue weighted by Gasteiger charge is 2.24. The lowest BCUT2D eigenvalue weighted by Gasteiger charge is -2.21. The van der Waals surface area contributed by atoms with Gasteiger partial charge >= 0.3 is 0 Å². The van der Waals surface area contributed by atoms with Gasteiger partial charge in [-0.3, -0.25) is 4.79 Å². The molecule has 0 aliphatic rings. The van der Waals surface area contributed by atoms with Gasteiger partial charge in [-0.2, -0.15) is 4.31 Å². The van der Waals surface area contributed by atoms with Gasteiger partial charge in [-0.15, -0.1) is 0 Å². The first-order valence-electron chi connectivity index (χ1n) is 9.34. The zero-order valence-electron chi connectivity index (χ0n) is 17.0. The molecule has 0 heterocycles. The molecule has 152 valence electrons. The SMILES string of the molecule is CCN(CC)S(=O)(=O)c1cc(NC(=O)C(C)Oc2cccc(C)c2)ccc1C. The molecule has 0 spiro atoms. The van der Waals surface area contributed by atoms with Gasteiger partial charge in [0.2, 0.25) is 10.0 Å². The molecular formula is C21H28N2O4S. The molecule has 0 aromatic heterocycles. The van der Waals surface area contributed by atoms with E-state index in [1.807, 2.05) is 25.1 Å². The number of carbonyl (C=O) groups excluding carboxylic acids is 1. The molecule has 28 heavy (non-hydrogen) atoms. The first-order chi connectivity index (χ1) is 13.2. The van der Waals surface area contributed by atoms with Crippen LogP contribution in [0.25, 0.3) is 0 Å². The number of aryl methyl sites for hydroxylation is 2. The number of nitrogens with one attached hydrogen (secondary N) is 1. The Bertz CT molecular complexity index is 937. The fourth-order valence-electron chi connectivity index (χ4n) is 2.85. The second kappa shape index (κ2) is 9.21. The van der Waals surface area contributed by atoms with E-state index in [0.717, 1.165) is 5.56 Å². The Morgan fingerprint density at radius 1 is 1.11 bits per heavy atom. The van der Waals surface area contributed by atoms with Gasteiger partial charge in [0.05, 0.1) is 4.90 Å². The minimum absolute atomic E-state index is 0.196. The second-order valence-electron chi connectivity index (χ2n) is 6.64. The molecule has 7 heteroatoms. The van der Waals surface area contributed by atoms with Crippen LogP contribution in [0.1, 0.15) is 31.9 Å². The summed E-state index contributed by atoms with van der Waals surface area (Å²) in [6.07, 6.45) is -0.731. The summed E-state index contributed by atoms with van der Waals surface area (Å²) in [5.74, 6) is 0.257. The van der Waals surface area contributed by atoms with E-state index in [2.05, 4.69) is 5.32 Å². The van der Waals surface area contributed by atoms with Crippen LogP contribution >= 0.6 is 0 Å². The third-order valence-corrected chi connectivity index (χ3v) is 6.64. The van der Waals surface area contributed by atoms with Gasteiger partial charge in [0.25, 0.3) is 5.91 Å². The van der Waals surface area contributed by atoms with Crippen LogP contribution in [0.5, 0.6) is 5.75 Å². The van der Waals surface area contributed by atoms with Crippen molar-refractivity contribution < 1.29 is 17.9 Å². The number of ether oxygens (including phenoxy) is 1. The Labute approximate surface area is 167 Å². The highest BCUT2D eigenvalue weighted by atomic mass is 32.2. The second-order valence-corrected chi connectivity index (χ2v) is 8.54. The summed E-state index contributed by atoms with van der Waals surface area (Å²) in [5.41, 5.74) is 2.09. The number of amides is 1. The molecule has 2 aromatic rings. The molecule has 0 fully saturated rings. The molecule has 0 bridgehead atoms. The topological polar surface area (TPSA) is 75.7 Å². The molecule has 1 N–H and O–H groups in total. The summed E-state index contributed by atoms with van der Waals surface area (Å²) in [7, 11) is -3.61. The third kappa shape index (κ3) is 5.11. The van der Waals surface area contributed by atoms with Crippen LogP contribution in [0.2, 0.25) is 0 Å². The number of benzene rings is 2. The maximum absolute atomic E-state index is 12.8. The van der Waals surface area contributed by atoms with E-state index in [1.165, 1.54) is 10.4 Å². The molecular weight excluding hydrogens is 376 g/mol. The lowest BCUT2D eigenvalue weighted by atomic mass is 10.2. The number of anilines is 1. The fraction of sp³-hybridized carbons (Fsp3) is 0.381. The molecule has 0 aliphatic carbocycles. The Morgan fingerprint density at radius 3 is 2.39 bits per heavy atom. The van der Waals surface area contributed by atoms with Crippen molar-refractivity contribution in [2.45, 2.75) is 45.6 Å². The van der Waals surface area contributed by atoms with E-state index in [4.69, 9.17) is 4.74 Å². The minimum Gasteiger partial charge on any atom is -0.481 e. The van der Waals surface area contributed by atoms with Gasteiger partial charge in [-0.05, 0) is 56.2 Å². The summed E-state index contributed by atoms with van der Waals surface area (Å²) in [6, 6.07) is 12.3. The number of hydrogen-bond donors (Lipinski definition) is 1. The quantitative estimate of drug-likeness (QED) is 0.727. The van der Waals surface area contributed by atoms with Crippen LogP contribution < -0.4 is 10.1 Å². The maximum Gasteiger partial charge on any atom is 0.265 e. The van der Waals surface area contributed by atoms with E-state index in [-0.39, 0.29) is 10.8 Å². The molecule has 0 radical (unpaired) electrons. The Morgan fingerprint density at radius 2 is 1.79 bits per heavy atom. The standard InChI is InChI=1S/C21H28N2O4S/c1-6-23(7-2)28(25,26)20-14-18(12-11-16(20)4)22-21(24)17(5)27-19-10-8-9-15(3)13-19/h8-14,17H,6-7H2,1-5H3,(H,22,24). The highest BCUT2D eigenvalue weighted by Crippen LogP contribution is 2.24. The number of rotatable bonds is 8. The van der Waals surface area contributed by atoms with E-state index < -0.39 is 16.1 Å². The van der Waals surface area contributed by atoms with Crippen molar-refractivity contribution in [2.75, 3.05) is 18.4 Å². The largest absolute Gasteiger partial charge is 0.481 e. The fourth-order valence-corrected chi connectivity index (χ4v) is 4.56. The molecule has 1 unspecified atom stereocenters. The molecule has 0 aliphatic heterocycles. The molecule has 2 rings (SSSR count). The first kappa shape index (κ1) is 21.9. The van der Waals surface area contributed by atoms with Gasteiger partial charge in [0.1, 0.15) is 5.75 Å². The van der Waals surface area contributed by atoms with Crippen molar-refractivity contribution in [3.63, 3.8) is 0 Å². The Balaban J connectivity index is 2.19. The predicted molar refractivity (Wildman–Crippen MR) is 111 cm³/mol. The van der Waals surface area contributed by atoms with Crippen LogP contribution in [-0.4, -0.2) is 37.8 Å².